The Kier molecular flexibility index (Phi) is 8.11. The van der Waals surface area contributed by atoms with Crippen LogP contribution in [0.3, 0.4) is 0 Å². The van der Waals surface area contributed by atoms with Gasteiger partial charge < -0.3 is 18.9 Å². The molecule has 4 aromatic rings. The first kappa shape index (κ1) is 27.2. The van der Waals surface area contributed by atoms with Crippen molar-refractivity contribution < 1.29 is 33.3 Å². The van der Waals surface area contributed by atoms with E-state index < -0.39 is 60.4 Å². The zero-order valence-corrected chi connectivity index (χ0v) is 21.3. The highest BCUT2D eigenvalue weighted by molar-refractivity contribution is 5.91. The van der Waals surface area contributed by atoms with Crippen LogP contribution in [0.15, 0.2) is 107 Å². The van der Waals surface area contributed by atoms with Crippen LogP contribution >= 0.6 is 0 Å². The maximum atomic E-state index is 13.1. The fraction of sp³-hybridized carbons (Fsp3) is 0.172. The van der Waals surface area contributed by atoms with Gasteiger partial charge in [0.15, 0.2) is 18.4 Å². The maximum absolute atomic E-state index is 13.1. The van der Waals surface area contributed by atoms with Gasteiger partial charge >= 0.3 is 29.3 Å². The minimum Gasteiger partial charge on any atom is -0.459 e. The van der Waals surface area contributed by atoms with Crippen molar-refractivity contribution in [3.63, 3.8) is 0 Å². The Morgan fingerprint density at radius 1 is 0.732 bits per heavy atom. The van der Waals surface area contributed by atoms with E-state index in [0.717, 1.165) is 10.9 Å². The highest BCUT2D eigenvalue weighted by atomic mass is 16.7. The molecule has 41 heavy (non-hydrogen) atoms. The van der Waals surface area contributed by atoms with Crippen LogP contribution in [0.4, 0.5) is 0 Å². The highest BCUT2D eigenvalue weighted by Gasteiger charge is 2.51. The number of hydrogen-bond donors (Lipinski definition) is 1. The summed E-state index contributed by atoms with van der Waals surface area (Å²) in [5.41, 5.74) is -1.15. The molecule has 208 valence electrons. The fourth-order valence-electron chi connectivity index (χ4n) is 4.22. The molecule has 12 heteroatoms. The van der Waals surface area contributed by atoms with Crippen LogP contribution in [0.1, 0.15) is 37.3 Å². The third kappa shape index (κ3) is 6.28. The van der Waals surface area contributed by atoms with E-state index in [1.54, 1.807) is 66.7 Å². The van der Waals surface area contributed by atoms with Crippen LogP contribution in [-0.2, 0) is 18.9 Å². The van der Waals surface area contributed by atoms with Gasteiger partial charge in [-0.25, -0.2) is 24.0 Å². The van der Waals surface area contributed by atoms with E-state index in [9.17, 15) is 24.0 Å². The second-order valence-corrected chi connectivity index (χ2v) is 8.89. The molecule has 0 spiro atoms. The molecule has 1 aliphatic rings. The molecule has 0 aliphatic carbocycles. The average Bonchev–Trinajstić information content (AvgIpc) is 3.33. The predicted molar refractivity (Wildman–Crippen MR) is 141 cm³/mol. The van der Waals surface area contributed by atoms with E-state index in [1.165, 1.54) is 24.3 Å². The summed E-state index contributed by atoms with van der Waals surface area (Å²) in [5, 5.41) is 0. The Morgan fingerprint density at radius 2 is 1.22 bits per heavy atom. The van der Waals surface area contributed by atoms with Crippen LogP contribution in [-0.4, -0.2) is 57.4 Å². The largest absolute Gasteiger partial charge is 0.459 e. The van der Waals surface area contributed by atoms with E-state index >= 15 is 0 Å². The lowest BCUT2D eigenvalue weighted by molar-refractivity contribution is -0.0645. The third-order valence-corrected chi connectivity index (χ3v) is 6.20. The number of nitrogens with one attached hydrogen (secondary N) is 1. The van der Waals surface area contributed by atoms with Crippen LogP contribution in [0, 0.1) is 0 Å². The van der Waals surface area contributed by atoms with E-state index in [1.807, 2.05) is 4.98 Å². The molecular formula is C29H23N3O9. The summed E-state index contributed by atoms with van der Waals surface area (Å²) < 4.78 is 23.9. The molecule has 0 amide bonds. The highest BCUT2D eigenvalue weighted by Crippen LogP contribution is 2.34. The van der Waals surface area contributed by atoms with Gasteiger partial charge in [-0.2, -0.15) is 4.98 Å². The number of hydrogen-bond acceptors (Lipinski definition) is 10. The second kappa shape index (κ2) is 12.2. The van der Waals surface area contributed by atoms with Gasteiger partial charge in [0.1, 0.15) is 19.0 Å². The quantitative estimate of drug-likeness (QED) is 0.252. The van der Waals surface area contributed by atoms with Crippen LogP contribution in [0.5, 0.6) is 0 Å². The Hall–Kier alpha value is -5.36. The SMILES string of the molecule is O=C(OCC1OC(n2cnc(=O)[nH]c2=O)C(OC(=O)c2ccccc2)C1OC(=O)c1ccccc1)c1ccccc1. The molecule has 4 atom stereocenters. The number of esters is 3. The Balaban J connectivity index is 1.50. The molecule has 1 aliphatic heterocycles. The number of rotatable bonds is 8. The van der Waals surface area contributed by atoms with Crippen molar-refractivity contribution in [2.45, 2.75) is 24.5 Å². The van der Waals surface area contributed by atoms with E-state index in [-0.39, 0.29) is 16.7 Å². The molecule has 5 rings (SSSR count). The third-order valence-electron chi connectivity index (χ3n) is 6.20. The van der Waals surface area contributed by atoms with Gasteiger partial charge in [-0.1, -0.05) is 54.6 Å². The number of carbonyl (C=O) groups is 3. The minimum atomic E-state index is -1.42. The van der Waals surface area contributed by atoms with Crippen molar-refractivity contribution >= 4 is 17.9 Å². The molecule has 0 bridgehead atoms. The number of nitrogens with zero attached hydrogens (tertiary/aromatic N) is 2. The monoisotopic (exact) mass is 557 g/mol. The van der Waals surface area contributed by atoms with Crippen LogP contribution < -0.4 is 11.4 Å². The molecule has 3 aromatic carbocycles. The summed E-state index contributed by atoms with van der Waals surface area (Å²) >= 11 is 0. The van der Waals surface area contributed by atoms with Gasteiger partial charge in [0.25, 0.3) is 0 Å². The lowest BCUT2D eigenvalue weighted by Gasteiger charge is -2.24. The van der Waals surface area contributed by atoms with Gasteiger partial charge in [-0.3, -0.25) is 9.55 Å². The number of aromatic nitrogens is 3. The maximum Gasteiger partial charge on any atom is 0.350 e. The van der Waals surface area contributed by atoms with Crippen LogP contribution in [0.25, 0.3) is 0 Å². The number of ether oxygens (including phenoxy) is 4. The van der Waals surface area contributed by atoms with Gasteiger partial charge in [-0.15, -0.1) is 0 Å². The van der Waals surface area contributed by atoms with E-state index in [4.69, 9.17) is 18.9 Å². The molecule has 4 unspecified atom stereocenters. The lowest BCUT2D eigenvalue weighted by atomic mass is 10.1. The normalized spacial score (nSPS) is 19.7. The van der Waals surface area contributed by atoms with Crippen molar-refractivity contribution in [3.05, 3.63) is 135 Å². The van der Waals surface area contributed by atoms with Crippen LogP contribution in [0.2, 0.25) is 0 Å². The molecule has 2 heterocycles. The van der Waals surface area contributed by atoms with Crippen molar-refractivity contribution in [3.8, 4) is 0 Å². The summed E-state index contributed by atoms with van der Waals surface area (Å²) in [7, 11) is 0. The summed E-state index contributed by atoms with van der Waals surface area (Å²) in [6.07, 6.45) is -4.44. The van der Waals surface area contributed by atoms with Gasteiger partial charge in [0.2, 0.25) is 0 Å². The first-order valence-electron chi connectivity index (χ1n) is 12.5. The summed E-state index contributed by atoms with van der Waals surface area (Å²) in [6.45, 7) is -0.429. The molecule has 12 nitrogen and oxygen atoms in total. The summed E-state index contributed by atoms with van der Waals surface area (Å²) in [5.74, 6) is -2.24. The van der Waals surface area contributed by atoms with Gasteiger partial charge in [0, 0.05) is 0 Å². The molecule has 0 radical (unpaired) electrons. The Labute approximate surface area is 232 Å². The Bertz CT molecular complexity index is 1640. The molecule has 1 fully saturated rings. The number of carbonyl (C=O) groups excluding carboxylic acids is 3. The van der Waals surface area contributed by atoms with Crippen molar-refractivity contribution in [1.29, 1.82) is 0 Å². The van der Waals surface area contributed by atoms with Crippen molar-refractivity contribution in [2.24, 2.45) is 0 Å². The first-order valence-corrected chi connectivity index (χ1v) is 12.5. The summed E-state index contributed by atoms with van der Waals surface area (Å²) in [4.78, 5) is 68.8. The summed E-state index contributed by atoms with van der Waals surface area (Å²) in [6, 6.07) is 24.3. The molecule has 1 N–H and O–H groups in total. The van der Waals surface area contributed by atoms with Crippen molar-refractivity contribution in [2.75, 3.05) is 6.61 Å². The topological polar surface area (TPSA) is 156 Å². The number of H-pyrrole nitrogens is 1. The number of aromatic amines is 1. The Morgan fingerprint density at radius 3 is 1.73 bits per heavy atom. The lowest BCUT2D eigenvalue weighted by Crippen LogP contribution is -2.43. The van der Waals surface area contributed by atoms with Crippen molar-refractivity contribution in [1.82, 2.24) is 14.5 Å². The molecule has 1 aromatic heterocycles. The smallest absolute Gasteiger partial charge is 0.350 e. The van der Waals surface area contributed by atoms with Gasteiger partial charge in [-0.05, 0) is 36.4 Å². The fourth-order valence-corrected chi connectivity index (χ4v) is 4.22. The second-order valence-electron chi connectivity index (χ2n) is 8.89. The molecular weight excluding hydrogens is 534 g/mol. The molecule has 1 saturated heterocycles. The molecule has 0 saturated carbocycles. The van der Waals surface area contributed by atoms with E-state index in [0.29, 0.717) is 0 Å². The zero-order chi connectivity index (χ0) is 28.8. The standard InChI is InChI=1S/C29H23N3O9/c33-25(18-10-4-1-5-11-18)38-16-21-22(40-26(34)19-12-6-2-7-13-19)23(41-27(35)20-14-8-3-9-15-20)24(39-21)32-17-30-28(36)31-29(32)37/h1-15,17,21-24H,16H2,(H,31,36,37). The van der Waals surface area contributed by atoms with Gasteiger partial charge in [0.05, 0.1) is 16.7 Å². The first-order chi connectivity index (χ1) is 19.9. The van der Waals surface area contributed by atoms with E-state index in [2.05, 4.69) is 4.98 Å². The zero-order valence-electron chi connectivity index (χ0n) is 21.3. The average molecular weight is 558 g/mol. The predicted octanol–water partition coefficient (Wildman–Crippen LogP) is 2.14. The minimum absolute atomic E-state index is 0.185. The number of benzene rings is 3.